The summed E-state index contributed by atoms with van der Waals surface area (Å²) in [7, 11) is 1.44. The number of aromatic nitrogens is 1. The number of carbonyl (C=O) groups is 1. The second-order valence-corrected chi connectivity index (χ2v) is 3.61. The first-order valence-corrected chi connectivity index (χ1v) is 5.07. The zero-order chi connectivity index (χ0) is 11.3. The molecule has 2 N–H and O–H groups in total. The Morgan fingerprint density at radius 1 is 1.73 bits per heavy atom. The first kappa shape index (κ1) is 11.9. The van der Waals surface area contributed by atoms with Crippen molar-refractivity contribution in [1.29, 1.82) is 0 Å². The fraction of sp³-hybridized carbons (Fsp3) is 0.333. The van der Waals surface area contributed by atoms with Crippen molar-refractivity contribution in [2.45, 2.75) is 0 Å². The maximum Gasteiger partial charge on any atom is 0.256 e. The fourth-order valence-corrected chi connectivity index (χ4v) is 1.35. The molecule has 0 aromatic carbocycles. The number of nitrogens with zero attached hydrogens (tertiary/aromatic N) is 1. The molecule has 0 fully saturated rings. The van der Waals surface area contributed by atoms with Crippen LogP contribution in [0.1, 0.15) is 10.4 Å². The molecule has 0 saturated carbocycles. The number of rotatable bonds is 4. The largest absolute Gasteiger partial charge is 0.480 e. The molecule has 82 valence electrons. The molecule has 0 atom stereocenters. The van der Waals surface area contributed by atoms with Crippen LogP contribution in [0.25, 0.3) is 0 Å². The minimum Gasteiger partial charge on any atom is -0.480 e. The van der Waals surface area contributed by atoms with E-state index in [1.54, 1.807) is 12.3 Å². The van der Waals surface area contributed by atoms with E-state index in [0.717, 1.165) is 0 Å². The Labute approximate surface area is 95.6 Å². The monoisotopic (exact) mass is 274 g/mol. The Morgan fingerprint density at radius 3 is 3.07 bits per heavy atom. The number of ether oxygens (including phenoxy) is 1. The molecule has 0 spiro atoms. The maximum atomic E-state index is 11.6. The van der Waals surface area contributed by atoms with Crippen molar-refractivity contribution in [3.63, 3.8) is 0 Å². The van der Waals surface area contributed by atoms with Crippen molar-refractivity contribution in [1.82, 2.24) is 10.3 Å². The minimum atomic E-state index is -0.324. The number of nitrogens with one attached hydrogen (secondary N) is 1. The number of hydrogen-bond donors (Lipinski definition) is 2. The Morgan fingerprint density at radius 2 is 2.47 bits per heavy atom. The summed E-state index contributed by atoms with van der Waals surface area (Å²) >= 11 is 3.21. The lowest BCUT2D eigenvalue weighted by molar-refractivity contribution is 0.0941. The van der Waals surface area contributed by atoms with E-state index in [0.29, 0.717) is 10.0 Å². The molecule has 0 radical (unpaired) electrons. The van der Waals surface area contributed by atoms with Gasteiger partial charge >= 0.3 is 0 Å². The summed E-state index contributed by atoms with van der Waals surface area (Å²) in [5.41, 5.74) is 0.334. The van der Waals surface area contributed by atoms with Gasteiger partial charge in [0.25, 0.3) is 5.91 Å². The first-order chi connectivity index (χ1) is 7.19. The van der Waals surface area contributed by atoms with Crippen LogP contribution in [0.3, 0.4) is 0 Å². The third-order valence-corrected chi connectivity index (χ3v) is 2.09. The SMILES string of the molecule is COc1ncc(Br)cc1C(=O)NCCO. The zero-order valence-electron chi connectivity index (χ0n) is 8.16. The average Bonchev–Trinajstić information content (AvgIpc) is 2.25. The molecule has 1 heterocycles. The van der Waals surface area contributed by atoms with Crippen LogP contribution < -0.4 is 10.1 Å². The van der Waals surface area contributed by atoms with Gasteiger partial charge in [-0.05, 0) is 22.0 Å². The van der Waals surface area contributed by atoms with Gasteiger partial charge in [0.05, 0.1) is 13.7 Å². The smallest absolute Gasteiger partial charge is 0.256 e. The van der Waals surface area contributed by atoms with Crippen LogP contribution in [-0.4, -0.2) is 36.3 Å². The highest BCUT2D eigenvalue weighted by Crippen LogP contribution is 2.19. The second kappa shape index (κ2) is 5.67. The summed E-state index contributed by atoms with van der Waals surface area (Å²) in [6.45, 7) is 0.101. The van der Waals surface area contributed by atoms with Gasteiger partial charge in [-0.1, -0.05) is 0 Å². The van der Waals surface area contributed by atoms with Gasteiger partial charge in [-0.3, -0.25) is 4.79 Å². The predicted molar refractivity (Wildman–Crippen MR) is 57.9 cm³/mol. The Hall–Kier alpha value is -1.14. The number of amides is 1. The molecule has 1 aromatic heterocycles. The lowest BCUT2D eigenvalue weighted by atomic mass is 10.2. The number of aliphatic hydroxyl groups excluding tert-OH is 1. The molecule has 0 saturated heterocycles. The van der Waals surface area contributed by atoms with Gasteiger partial charge < -0.3 is 15.2 Å². The van der Waals surface area contributed by atoms with Crippen molar-refractivity contribution in [2.24, 2.45) is 0 Å². The van der Waals surface area contributed by atoms with Crippen molar-refractivity contribution in [3.05, 3.63) is 22.3 Å². The molecule has 0 aliphatic rings. The molecule has 6 heteroatoms. The Kier molecular flexibility index (Phi) is 4.51. The summed E-state index contributed by atoms with van der Waals surface area (Å²) in [6.07, 6.45) is 1.54. The molecular formula is C9H11BrN2O3. The van der Waals surface area contributed by atoms with Gasteiger partial charge in [0, 0.05) is 17.2 Å². The fourth-order valence-electron chi connectivity index (χ4n) is 1.02. The van der Waals surface area contributed by atoms with Crippen molar-refractivity contribution >= 4 is 21.8 Å². The first-order valence-electron chi connectivity index (χ1n) is 4.27. The number of hydrogen-bond acceptors (Lipinski definition) is 4. The number of aliphatic hydroxyl groups is 1. The van der Waals surface area contributed by atoms with E-state index in [1.807, 2.05) is 0 Å². The molecule has 0 unspecified atom stereocenters. The van der Waals surface area contributed by atoms with E-state index in [1.165, 1.54) is 7.11 Å². The van der Waals surface area contributed by atoms with Crippen LogP contribution in [0.5, 0.6) is 5.88 Å². The molecule has 0 aliphatic carbocycles. The average molecular weight is 275 g/mol. The lowest BCUT2D eigenvalue weighted by Gasteiger charge is -2.07. The molecule has 1 rings (SSSR count). The van der Waals surface area contributed by atoms with E-state index >= 15 is 0 Å². The van der Waals surface area contributed by atoms with E-state index in [9.17, 15) is 4.79 Å². The van der Waals surface area contributed by atoms with Gasteiger partial charge in [-0.15, -0.1) is 0 Å². The number of carbonyl (C=O) groups excluding carboxylic acids is 1. The number of halogens is 1. The highest BCUT2D eigenvalue weighted by Gasteiger charge is 2.13. The third kappa shape index (κ3) is 3.17. The normalized spacial score (nSPS) is 9.80. The van der Waals surface area contributed by atoms with Gasteiger partial charge in [-0.2, -0.15) is 0 Å². The van der Waals surface area contributed by atoms with Gasteiger partial charge in [0.15, 0.2) is 0 Å². The summed E-state index contributed by atoms with van der Waals surface area (Å²) in [5.74, 6) is -0.0664. The minimum absolute atomic E-state index is 0.102. The van der Waals surface area contributed by atoms with Gasteiger partial charge in [0.1, 0.15) is 5.56 Å². The van der Waals surface area contributed by atoms with Crippen LogP contribution in [-0.2, 0) is 0 Å². The van der Waals surface area contributed by atoms with Crippen LogP contribution >= 0.6 is 15.9 Å². The Balaban J connectivity index is 2.90. The zero-order valence-corrected chi connectivity index (χ0v) is 9.74. The third-order valence-electron chi connectivity index (χ3n) is 1.65. The van der Waals surface area contributed by atoms with E-state index in [2.05, 4.69) is 26.2 Å². The molecule has 0 bridgehead atoms. The van der Waals surface area contributed by atoms with E-state index in [4.69, 9.17) is 9.84 Å². The quantitative estimate of drug-likeness (QED) is 0.843. The molecule has 1 aromatic rings. The number of pyridine rings is 1. The Bertz CT molecular complexity index is 357. The summed E-state index contributed by atoms with van der Waals surface area (Å²) in [5, 5.41) is 11.1. The van der Waals surface area contributed by atoms with E-state index < -0.39 is 0 Å². The second-order valence-electron chi connectivity index (χ2n) is 2.69. The van der Waals surface area contributed by atoms with Crippen LogP contribution in [0.15, 0.2) is 16.7 Å². The van der Waals surface area contributed by atoms with Crippen molar-refractivity contribution in [3.8, 4) is 5.88 Å². The number of methoxy groups -OCH3 is 1. The topological polar surface area (TPSA) is 71.5 Å². The molecular weight excluding hydrogens is 264 g/mol. The molecule has 1 amide bonds. The van der Waals surface area contributed by atoms with Crippen LogP contribution in [0, 0.1) is 0 Å². The van der Waals surface area contributed by atoms with Crippen LogP contribution in [0.2, 0.25) is 0 Å². The summed E-state index contributed by atoms with van der Waals surface area (Å²) in [4.78, 5) is 15.5. The van der Waals surface area contributed by atoms with Gasteiger partial charge in [-0.25, -0.2) is 4.98 Å². The highest BCUT2D eigenvalue weighted by atomic mass is 79.9. The maximum absolute atomic E-state index is 11.6. The predicted octanol–water partition coefficient (Wildman–Crippen LogP) is 0.575. The summed E-state index contributed by atoms with van der Waals surface area (Å²) in [6, 6.07) is 1.61. The van der Waals surface area contributed by atoms with Crippen molar-refractivity contribution < 1.29 is 14.6 Å². The standard InChI is InChI=1S/C9H11BrN2O3/c1-15-9-7(4-6(10)5-12-9)8(14)11-2-3-13/h4-5,13H,2-3H2,1H3,(H,11,14). The lowest BCUT2D eigenvalue weighted by Crippen LogP contribution is -2.27. The van der Waals surface area contributed by atoms with Crippen molar-refractivity contribution in [2.75, 3.05) is 20.3 Å². The molecule has 0 aliphatic heterocycles. The van der Waals surface area contributed by atoms with Gasteiger partial charge in [0.2, 0.25) is 5.88 Å². The molecule has 15 heavy (non-hydrogen) atoms. The van der Waals surface area contributed by atoms with Crippen LogP contribution in [0.4, 0.5) is 0 Å². The summed E-state index contributed by atoms with van der Waals surface area (Å²) < 4.78 is 5.64. The van der Waals surface area contributed by atoms with E-state index in [-0.39, 0.29) is 24.9 Å². The molecule has 5 nitrogen and oxygen atoms in total. The highest BCUT2D eigenvalue weighted by molar-refractivity contribution is 9.10.